The minimum atomic E-state index is -1.24. The van der Waals surface area contributed by atoms with Crippen LogP contribution in [0, 0.1) is 6.92 Å². The number of carbonyl (C=O) groups is 4. The van der Waals surface area contributed by atoms with Gasteiger partial charge in [0, 0.05) is 12.7 Å². The van der Waals surface area contributed by atoms with Crippen LogP contribution in [0.2, 0.25) is 0 Å². The Hall–Kier alpha value is -3.68. The van der Waals surface area contributed by atoms with Crippen molar-refractivity contribution in [3.05, 3.63) is 65.7 Å². The van der Waals surface area contributed by atoms with Gasteiger partial charge in [0.25, 0.3) is 5.91 Å². The van der Waals surface area contributed by atoms with Crippen molar-refractivity contribution < 1.29 is 19.2 Å². The quantitative estimate of drug-likeness (QED) is 0.713. The molecule has 1 aliphatic rings. The SMILES string of the molecule is Cc1ccc(NC(=O)CN(C)C(=O)CN2C(=O)N[C@](C)(c3ccccc3)C2=O)cc1. The molecule has 0 radical (unpaired) electrons. The van der Waals surface area contributed by atoms with Gasteiger partial charge in [-0.3, -0.25) is 19.3 Å². The van der Waals surface area contributed by atoms with Gasteiger partial charge in [-0.25, -0.2) is 4.79 Å². The summed E-state index contributed by atoms with van der Waals surface area (Å²) in [4.78, 5) is 52.1. The second-order valence-electron chi connectivity index (χ2n) is 7.48. The lowest BCUT2D eigenvalue weighted by Crippen LogP contribution is -2.45. The van der Waals surface area contributed by atoms with Crippen LogP contribution in [0.25, 0.3) is 0 Å². The van der Waals surface area contributed by atoms with Gasteiger partial charge < -0.3 is 15.5 Å². The molecule has 5 amide bonds. The standard InChI is InChI=1S/C22H24N4O4/c1-15-9-11-17(12-10-15)23-18(27)13-25(3)19(28)14-26-20(29)22(2,24-21(26)30)16-7-5-4-6-8-16/h4-12H,13-14H2,1-3H3,(H,23,27)(H,24,30)/t22-/m1/s1. The van der Waals surface area contributed by atoms with E-state index in [0.717, 1.165) is 10.5 Å². The van der Waals surface area contributed by atoms with Gasteiger partial charge in [0.15, 0.2) is 0 Å². The van der Waals surface area contributed by atoms with Crippen molar-refractivity contribution in [2.75, 3.05) is 25.5 Å². The second kappa shape index (κ2) is 8.36. The average Bonchev–Trinajstić information content (AvgIpc) is 2.94. The number of imide groups is 1. The smallest absolute Gasteiger partial charge is 0.325 e. The molecule has 8 nitrogen and oxygen atoms in total. The molecule has 0 aliphatic carbocycles. The van der Waals surface area contributed by atoms with Crippen LogP contribution in [-0.2, 0) is 19.9 Å². The lowest BCUT2D eigenvalue weighted by Gasteiger charge is -2.23. The van der Waals surface area contributed by atoms with Gasteiger partial charge in [-0.15, -0.1) is 0 Å². The van der Waals surface area contributed by atoms with Gasteiger partial charge in [0.2, 0.25) is 11.8 Å². The van der Waals surface area contributed by atoms with Gasteiger partial charge >= 0.3 is 6.03 Å². The fraction of sp³-hybridized carbons (Fsp3) is 0.273. The lowest BCUT2D eigenvalue weighted by molar-refractivity contribution is -0.139. The Balaban J connectivity index is 1.60. The fourth-order valence-corrected chi connectivity index (χ4v) is 3.20. The van der Waals surface area contributed by atoms with E-state index in [1.165, 1.54) is 11.9 Å². The number of benzene rings is 2. The molecule has 1 aliphatic heterocycles. The van der Waals surface area contributed by atoms with Crippen LogP contribution in [0.4, 0.5) is 10.5 Å². The Morgan fingerprint density at radius 2 is 1.70 bits per heavy atom. The van der Waals surface area contributed by atoms with Crippen LogP contribution in [0.5, 0.6) is 0 Å². The highest BCUT2D eigenvalue weighted by Gasteiger charge is 2.49. The number of hydrogen-bond donors (Lipinski definition) is 2. The maximum atomic E-state index is 12.9. The third kappa shape index (κ3) is 4.32. The summed E-state index contributed by atoms with van der Waals surface area (Å²) in [7, 11) is 1.45. The largest absolute Gasteiger partial charge is 0.335 e. The van der Waals surface area contributed by atoms with E-state index in [2.05, 4.69) is 10.6 Å². The minimum absolute atomic E-state index is 0.202. The Morgan fingerprint density at radius 3 is 2.33 bits per heavy atom. The minimum Gasteiger partial charge on any atom is -0.335 e. The van der Waals surface area contributed by atoms with Gasteiger partial charge in [-0.1, -0.05) is 48.0 Å². The molecule has 2 N–H and O–H groups in total. The first kappa shape index (κ1) is 21.0. The zero-order valence-electron chi connectivity index (χ0n) is 17.1. The summed E-state index contributed by atoms with van der Waals surface area (Å²) >= 11 is 0. The molecule has 1 heterocycles. The average molecular weight is 408 g/mol. The molecule has 0 saturated carbocycles. The summed E-state index contributed by atoms with van der Waals surface area (Å²) in [5.41, 5.74) is 1.08. The van der Waals surface area contributed by atoms with Crippen LogP contribution < -0.4 is 10.6 Å². The van der Waals surface area contributed by atoms with Crippen molar-refractivity contribution in [2.45, 2.75) is 19.4 Å². The van der Waals surface area contributed by atoms with Crippen molar-refractivity contribution >= 4 is 29.4 Å². The molecular weight excluding hydrogens is 384 g/mol. The third-order valence-electron chi connectivity index (χ3n) is 5.06. The number of urea groups is 1. The topological polar surface area (TPSA) is 98.8 Å². The van der Waals surface area contributed by atoms with E-state index in [1.54, 1.807) is 43.3 Å². The Kier molecular flexibility index (Phi) is 5.86. The number of nitrogens with one attached hydrogen (secondary N) is 2. The number of rotatable bonds is 6. The monoisotopic (exact) mass is 408 g/mol. The highest BCUT2D eigenvalue weighted by atomic mass is 16.2. The van der Waals surface area contributed by atoms with Gasteiger partial charge in [0.1, 0.15) is 12.1 Å². The van der Waals surface area contributed by atoms with Crippen molar-refractivity contribution in [3.8, 4) is 0 Å². The van der Waals surface area contributed by atoms with Crippen molar-refractivity contribution in [3.63, 3.8) is 0 Å². The Labute approximate surface area is 174 Å². The zero-order valence-corrected chi connectivity index (χ0v) is 17.1. The second-order valence-corrected chi connectivity index (χ2v) is 7.48. The number of likely N-dealkylation sites (N-methyl/N-ethyl adjacent to an activating group) is 1. The zero-order chi connectivity index (χ0) is 21.9. The molecule has 0 unspecified atom stereocenters. The van der Waals surface area contributed by atoms with Crippen LogP contribution >= 0.6 is 0 Å². The first-order valence-electron chi connectivity index (χ1n) is 9.51. The van der Waals surface area contributed by atoms with E-state index in [-0.39, 0.29) is 12.5 Å². The predicted molar refractivity (Wildman–Crippen MR) is 111 cm³/mol. The molecule has 156 valence electrons. The number of amides is 5. The van der Waals surface area contributed by atoms with Crippen molar-refractivity contribution in [1.82, 2.24) is 15.1 Å². The van der Waals surface area contributed by atoms with Gasteiger partial charge in [0.05, 0.1) is 6.54 Å². The van der Waals surface area contributed by atoms with Crippen LogP contribution in [-0.4, -0.2) is 53.7 Å². The van der Waals surface area contributed by atoms with Crippen LogP contribution in [0.1, 0.15) is 18.1 Å². The molecular formula is C22H24N4O4. The molecule has 2 aromatic rings. The molecule has 2 aromatic carbocycles. The summed E-state index contributed by atoms with van der Waals surface area (Å²) in [5.74, 6) is -1.40. The molecule has 1 saturated heterocycles. The molecule has 0 spiro atoms. The molecule has 8 heteroatoms. The van der Waals surface area contributed by atoms with E-state index in [4.69, 9.17) is 0 Å². The van der Waals surface area contributed by atoms with E-state index in [9.17, 15) is 19.2 Å². The first-order chi connectivity index (χ1) is 14.2. The van der Waals surface area contributed by atoms with Gasteiger partial charge in [-0.2, -0.15) is 0 Å². The molecule has 30 heavy (non-hydrogen) atoms. The summed E-state index contributed by atoms with van der Waals surface area (Å²) in [6.45, 7) is 2.90. The van der Waals surface area contributed by atoms with E-state index < -0.39 is 29.9 Å². The molecule has 0 bridgehead atoms. The maximum Gasteiger partial charge on any atom is 0.325 e. The maximum absolute atomic E-state index is 12.9. The summed E-state index contributed by atoms with van der Waals surface area (Å²) < 4.78 is 0. The van der Waals surface area contributed by atoms with E-state index >= 15 is 0 Å². The molecule has 0 aromatic heterocycles. The van der Waals surface area contributed by atoms with Crippen molar-refractivity contribution in [1.29, 1.82) is 0 Å². The summed E-state index contributed by atoms with van der Waals surface area (Å²) in [6, 6.07) is 15.5. The van der Waals surface area contributed by atoms with E-state index in [1.807, 2.05) is 25.1 Å². The predicted octanol–water partition coefficient (Wildman–Crippen LogP) is 1.86. The number of aryl methyl sites for hydroxylation is 1. The highest BCUT2D eigenvalue weighted by Crippen LogP contribution is 2.28. The normalized spacial score (nSPS) is 18.2. The molecule has 3 rings (SSSR count). The van der Waals surface area contributed by atoms with Crippen LogP contribution in [0.15, 0.2) is 54.6 Å². The number of carbonyl (C=O) groups excluding carboxylic acids is 4. The fourth-order valence-electron chi connectivity index (χ4n) is 3.20. The van der Waals surface area contributed by atoms with Gasteiger partial charge in [-0.05, 0) is 31.5 Å². The summed E-state index contributed by atoms with van der Waals surface area (Å²) in [5, 5.41) is 5.36. The van der Waals surface area contributed by atoms with Crippen LogP contribution in [0.3, 0.4) is 0 Å². The Bertz CT molecular complexity index is 974. The third-order valence-corrected chi connectivity index (χ3v) is 5.06. The Morgan fingerprint density at radius 1 is 1.07 bits per heavy atom. The van der Waals surface area contributed by atoms with Crippen molar-refractivity contribution in [2.24, 2.45) is 0 Å². The number of anilines is 1. The number of hydrogen-bond acceptors (Lipinski definition) is 4. The highest BCUT2D eigenvalue weighted by molar-refractivity contribution is 6.09. The van der Waals surface area contributed by atoms with E-state index in [0.29, 0.717) is 11.3 Å². The lowest BCUT2D eigenvalue weighted by atomic mass is 9.92. The molecule has 1 atom stereocenters. The number of nitrogens with zero attached hydrogens (tertiary/aromatic N) is 2. The first-order valence-corrected chi connectivity index (χ1v) is 9.51. The molecule has 1 fully saturated rings. The summed E-state index contributed by atoms with van der Waals surface area (Å²) in [6.07, 6.45) is 0.